The van der Waals surface area contributed by atoms with Crippen LogP contribution in [0.15, 0.2) is 203 Å². The summed E-state index contributed by atoms with van der Waals surface area (Å²) in [5.74, 6) is 2.23. The van der Waals surface area contributed by atoms with Gasteiger partial charge < -0.3 is 66.9 Å². The lowest BCUT2D eigenvalue weighted by molar-refractivity contribution is 0.0730. The highest BCUT2D eigenvalue weighted by Gasteiger charge is 2.22. The lowest BCUT2D eigenvalue weighted by Gasteiger charge is -2.16. The van der Waals surface area contributed by atoms with Gasteiger partial charge in [-0.3, -0.25) is 20.2 Å². The Morgan fingerprint density at radius 1 is 0.389 bits per heavy atom. The van der Waals surface area contributed by atoms with Crippen LogP contribution in [-0.2, 0) is 43.7 Å². The molecule has 570 valence electrons. The van der Waals surface area contributed by atoms with Crippen LogP contribution in [0.3, 0.4) is 0 Å². The van der Waals surface area contributed by atoms with Gasteiger partial charge in [-0.05, 0) is 154 Å². The van der Waals surface area contributed by atoms with Gasteiger partial charge >= 0.3 is 12.1 Å². The molecule has 0 saturated heterocycles. The number of thiazole rings is 2. The number of carbonyl (C=O) groups is 4. The van der Waals surface area contributed by atoms with E-state index in [1.54, 1.807) is 101 Å². The van der Waals surface area contributed by atoms with E-state index in [0.29, 0.717) is 74.2 Å². The van der Waals surface area contributed by atoms with Gasteiger partial charge in [0.1, 0.15) is 93.1 Å². The van der Waals surface area contributed by atoms with Crippen LogP contribution in [0.5, 0.6) is 84.9 Å². The van der Waals surface area contributed by atoms with Crippen molar-refractivity contribution in [2.75, 3.05) is 77.6 Å². The number of esters is 1. The molecular weight excluding hydrogens is 1500 g/mol. The Kier molecular flexibility index (Phi) is 28.9. The Morgan fingerprint density at radius 3 is 1.03 bits per heavy atom. The van der Waals surface area contributed by atoms with Crippen molar-refractivity contribution in [1.29, 1.82) is 0 Å². The number of ether oxygens (including phenoxy) is 13. The summed E-state index contributed by atoms with van der Waals surface area (Å²) in [5, 5.41) is 9.05. The number of carbonyl (C=O) groups excluding carboxylic acids is 4. The molecule has 33 heteroatoms. The smallest absolute Gasteiger partial charge is 0.412 e. The average Bonchev–Trinajstić information content (AvgIpc) is 0.923. The van der Waals surface area contributed by atoms with E-state index < -0.39 is 53.4 Å². The molecule has 2 heterocycles. The molecule has 108 heavy (non-hydrogen) atoms. The number of amides is 3. The molecule has 0 aliphatic rings. The van der Waals surface area contributed by atoms with Crippen LogP contribution < -0.4 is 63.3 Å². The normalized spacial score (nSPS) is 12.0. The minimum atomic E-state index is -3.41. The lowest BCUT2D eigenvalue weighted by atomic mass is 10.2. The molecule has 0 aliphatic heterocycles. The predicted octanol–water partition coefficient (Wildman–Crippen LogP) is 14.8. The summed E-state index contributed by atoms with van der Waals surface area (Å²) in [4.78, 5) is 60.7. The summed E-state index contributed by atoms with van der Waals surface area (Å²) in [5.41, 5.74) is 0.504. The molecule has 28 nitrogen and oxygen atoms in total. The fourth-order valence-corrected chi connectivity index (χ4v) is 12.7. The molecule has 0 radical (unpaired) electrons. The van der Waals surface area contributed by atoms with E-state index in [0.717, 1.165) is 41.4 Å². The first-order valence-electron chi connectivity index (χ1n) is 32.0. The quantitative estimate of drug-likeness (QED) is 0.0260. The van der Waals surface area contributed by atoms with Gasteiger partial charge in [0, 0.05) is 88.6 Å². The third-order valence-corrected chi connectivity index (χ3v) is 19.1. The summed E-state index contributed by atoms with van der Waals surface area (Å²) in [7, 11) is -4.09. The van der Waals surface area contributed by atoms with E-state index >= 15 is 0 Å². The van der Waals surface area contributed by atoms with Gasteiger partial charge in [0.15, 0.2) is 39.8 Å². The number of aromatic nitrogens is 2. The minimum absolute atomic E-state index is 0. The molecule has 2 aromatic heterocycles. The van der Waals surface area contributed by atoms with E-state index in [4.69, 9.17) is 61.6 Å². The molecule has 3 atom stereocenters. The van der Waals surface area contributed by atoms with Gasteiger partial charge in [-0.2, -0.15) is 0 Å². The maximum absolute atomic E-state index is 13.6. The zero-order chi connectivity index (χ0) is 77.0. The van der Waals surface area contributed by atoms with Crippen LogP contribution in [-0.4, -0.2) is 144 Å². The second-order valence-electron chi connectivity index (χ2n) is 23.3. The Labute approximate surface area is 632 Å². The molecular formula is C75H77N5O23S5. The number of anilines is 2. The number of benzene rings is 8. The molecule has 0 fully saturated rings. The third kappa shape index (κ3) is 25.3. The lowest BCUT2D eigenvalue weighted by Crippen LogP contribution is -2.21. The Balaban J connectivity index is 0.000000291. The van der Waals surface area contributed by atoms with E-state index in [9.17, 15) is 44.4 Å². The molecule has 0 unspecified atom stereocenters. The van der Waals surface area contributed by atoms with Crippen molar-refractivity contribution in [3.05, 3.63) is 205 Å². The standard InChI is InChI=1S/C45H44N2O14S3.C29H29N3O9S2.CH4/c1-28(26-54-3)56-36-18-30(19-38(23-36)58-32-10-14-40(15-11-32)63(5,50)51)43(48)47-45-46-25-42(62-45)60-34-8-7-9-35(22-34)61-44(49)31-20-37(57-29(2)27-55-4)24-39(21-31)59-33-12-16-41(17-13-33)64(6,52)53;1-18(17-37-3)38-23-12-19(13-24(15-23)39-20-8-10-25(11-9-20)43(4,35)36)27(33)32-28-31-16-26(42-28)40-21-6-5-7-22(14-21)41-29(34)30-2;/h7-25,28-29H,26-27H2,1-6H3,(H,46,47,48);5-16,18H,17H2,1-4H3,(H,30,34)(H,31,32,33);1H4/t28-,29-;18-;/m00./s1. The van der Waals surface area contributed by atoms with Crippen LogP contribution >= 0.6 is 22.7 Å². The maximum Gasteiger partial charge on any atom is 0.412 e. The first-order valence-corrected chi connectivity index (χ1v) is 39.3. The van der Waals surface area contributed by atoms with E-state index in [-0.39, 0.29) is 97.8 Å². The SMILES string of the molecule is C.CNC(=O)Oc1cccc(Oc2cnc(NC(=O)c3cc(Oc4ccc(S(C)(=O)=O)cc4)cc(O[C@@H](C)COC)c3)s2)c1.COC[C@H](C)Oc1cc(Oc2ccc(S(C)(=O)=O)cc2)cc(C(=O)Nc2ncc(Oc3cccc(OC(=O)c4cc(Oc5ccc(S(C)(=O)=O)cc5)cc(O[C@@H](C)COC)c4)c3)s2)c1. The summed E-state index contributed by atoms with van der Waals surface area (Å²) in [6, 6.07) is 44.4. The van der Waals surface area contributed by atoms with Gasteiger partial charge in [-0.15, -0.1) is 0 Å². The van der Waals surface area contributed by atoms with Crippen molar-refractivity contribution in [3.8, 4) is 84.9 Å². The Morgan fingerprint density at radius 2 is 0.694 bits per heavy atom. The van der Waals surface area contributed by atoms with Crippen molar-refractivity contribution >= 4 is 86.3 Å². The fraction of sp³-hybridized carbons (Fsp3) is 0.227. The van der Waals surface area contributed by atoms with Crippen molar-refractivity contribution in [1.82, 2.24) is 15.3 Å². The average molecular weight is 1580 g/mol. The second-order valence-corrected chi connectivity index (χ2v) is 31.4. The Bertz CT molecular complexity index is 5120. The highest BCUT2D eigenvalue weighted by molar-refractivity contribution is 7.91. The second kappa shape index (κ2) is 37.9. The summed E-state index contributed by atoms with van der Waals surface area (Å²) < 4.78 is 145. The number of hydrogen-bond donors (Lipinski definition) is 3. The van der Waals surface area contributed by atoms with E-state index in [2.05, 4.69) is 25.9 Å². The molecule has 10 aromatic rings. The fourth-order valence-electron chi connectivity index (χ4n) is 9.48. The molecule has 8 aromatic carbocycles. The largest absolute Gasteiger partial charge is 0.488 e. The van der Waals surface area contributed by atoms with Crippen molar-refractivity contribution in [2.24, 2.45) is 0 Å². The number of sulfone groups is 3. The van der Waals surface area contributed by atoms with Crippen LogP contribution in [0.2, 0.25) is 0 Å². The van der Waals surface area contributed by atoms with Gasteiger partial charge in [0.25, 0.3) is 11.8 Å². The van der Waals surface area contributed by atoms with E-state index in [1.807, 2.05) is 6.92 Å². The molecule has 10 rings (SSSR count). The zero-order valence-electron chi connectivity index (χ0n) is 59.1. The first-order chi connectivity index (χ1) is 50.9. The molecule has 0 saturated carbocycles. The number of rotatable bonds is 32. The van der Waals surface area contributed by atoms with Gasteiger partial charge in [0.2, 0.25) is 10.1 Å². The Hall–Kier alpha value is -11.2. The van der Waals surface area contributed by atoms with E-state index in [1.165, 1.54) is 130 Å². The summed E-state index contributed by atoms with van der Waals surface area (Å²) in [6.07, 6.45) is 4.55. The summed E-state index contributed by atoms with van der Waals surface area (Å²) in [6.45, 7) is 6.31. The third-order valence-electron chi connectivity index (χ3n) is 14.2. The highest BCUT2D eigenvalue weighted by atomic mass is 32.2. The van der Waals surface area contributed by atoms with Crippen LogP contribution in [0, 0.1) is 0 Å². The zero-order valence-corrected chi connectivity index (χ0v) is 63.2. The van der Waals surface area contributed by atoms with Crippen molar-refractivity contribution in [2.45, 2.75) is 61.2 Å². The monoisotopic (exact) mass is 1580 g/mol. The molecule has 0 spiro atoms. The molecule has 0 aliphatic carbocycles. The van der Waals surface area contributed by atoms with Gasteiger partial charge in [-0.1, -0.05) is 42.2 Å². The van der Waals surface area contributed by atoms with Crippen molar-refractivity contribution < 1.29 is 106 Å². The van der Waals surface area contributed by atoms with Crippen LogP contribution in [0.1, 0.15) is 59.3 Å². The maximum atomic E-state index is 13.6. The summed E-state index contributed by atoms with van der Waals surface area (Å²) >= 11 is 2.14. The molecule has 3 amide bonds. The van der Waals surface area contributed by atoms with Gasteiger partial charge in [-0.25, -0.2) is 44.8 Å². The van der Waals surface area contributed by atoms with Crippen LogP contribution in [0.25, 0.3) is 0 Å². The molecule has 0 bridgehead atoms. The van der Waals surface area contributed by atoms with Gasteiger partial charge in [0.05, 0.1) is 52.5 Å². The number of methoxy groups -OCH3 is 3. The first kappa shape index (κ1) is 82.5. The topological polar surface area (TPSA) is 353 Å². The minimum Gasteiger partial charge on any atom is -0.488 e. The predicted molar refractivity (Wildman–Crippen MR) is 404 cm³/mol. The molecule has 3 N–H and O–H groups in total. The highest BCUT2D eigenvalue weighted by Crippen LogP contribution is 2.38. The van der Waals surface area contributed by atoms with Crippen molar-refractivity contribution in [3.63, 3.8) is 0 Å². The number of nitrogens with zero attached hydrogens (tertiary/aromatic N) is 2. The number of hydrogen-bond acceptors (Lipinski definition) is 27. The number of nitrogens with one attached hydrogen (secondary N) is 3. The van der Waals surface area contributed by atoms with Crippen LogP contribution in [0.4, 0.5) is 15.1 Å².